The maximum absolute atomic E-state index is 3.22. The molecule has 2 heteroatoms. The second-order valence-electron chi connectivity index (χ2n) is 4.15. The van der Waals surface area contributed by atoms with E-state index in [0.29, 0.717) is 6.04 Å². The van der Waals surface area contributed by atoms with Gasteiger partial charge in [-0.25, -0.2) is 0 Å². The Balaban J connectivity index is 2.28. The molecule has 0 aromatic carbocycles. The van der Waals surface area contributed by atoms with E-state index in [1.54, 1.807) is 0 Å². The fourth-order valence-corrected chi connectivity index (χ4v) is 1.75. The van der Waals surface area contributed by atoms with E-state index in [1.807, 2.05) is 7.05 Å². The predicted molar refractivity (Wildman–Crippen MR) is 53.3 cm³/mol. The van der Waals surface area contributed by atoms with Gasteiger partial charge < -0.3 is 5.32 Å². The van der Waals surface area contributed by atoms with E-state index < -0.39 is 0 Å². The summed E-state index contributed by atoms with van der Waals surface area (Å²) in [5, 5.41) is 3.22. The first-order valence-electron chi connectivity index (χ1n) is 5.03. The Hall–Kier alpha value is -0.0800. The molecule has 0 aromatic heterocycles. The standard InChI is InChI=1S/C10H22N2/c1-8(7-11-3)12(4)9(2)10-5-6-10/h8-11H,5-7H2,1-4H3. The van der Waals surface area contributed by atoms with Gasteiger partial charge in [-0.1, -0.05) is 0 Å². The summed E-state index contributed by atoms with van der Waals surface area (Å²) in [6.45, 7) is 5.73. The van der Waals surface area contributed by atoms with Gasteiger partial charge in [0.25, 0.3) is 0 Å². The highest BCUT2D eigenvalue weighted by Crippen LogP contribution is 2.35. The highest BCUT2D eigenvalue weighted by Gasteiger charge is 2.31. The van der Waals surface area contributed by atoms with Crippen molar-refractivity contribution < 1.29 is 0 Å². The van der Waals surface area contributed by atoms with E-state index in [0.717, 1.165) is 18.5 Å². The van der Waals surface area contributed by atoms with Crippen LogP contribution in [0.2, 0.25) is 0 Å². The molecule has 1 fully saturated rings. The molecule has 1 saturated carbocycles. The van der Waals surface area contributed by atoms with Crippen molar-refractivity contribution in [1.29, 1.82) is 0 Å². The molecule has 0 amide bonds. The van der Waals surface area contributed by atoms with Crippen LogP contribution in [0.15, 0.2) is 0 Å². The molecule has 12 heavy (non-hydrogen) atoms. The van der Waals surface area contributed by atoms with Crippen LogP contribution in [0.3, 0.4) is 0 Å². The Morgan fingerprint density at radius 1 is 1.42 bits per heavy atom. The average molecular weight is 170 g/mol. The molecule has 0 aliphatic heterocycles. The summed E-state index contributed by atoms with van der Waals surface area (Å²) in [5.41, 5.74) is 0. The lowest BCUT2D eigenvalue weighted by Gasteiger charge is -2.30. The van der Waals surface area contributed by atoms with E-state index in [2.05, 4.69) is 31.1 Å². The molecule has 1 aliphatic rings. The first kappa shape index (κ1) is 10.0. The average Bonchev–Trinajstić information content (AvgIpc) is 2.84. The Kier molecular flexibility index (Phi) is 3.53. The van der Waals surface area contributed by atoms with Gasteiger partial charge >= 0.3 is 0 Å². The zero-order chi connectivity index (χ0) is 9.14. The number of hydrogen-bond acceptors (Lipinski definition) is 2. The van der Waals surface area contributed by atoms with Gasteiger partial charge in [-0.05, 0) is 46.7 Å². The van der Waals surface area contributed by atoms with Crippen LogP contribution in [0.4, 0.5) is 0 Å². The summed E-state index contributed by atoms with van der Waals surface area (Å²) in [6.07, 6.45) is 2.88. The molecule has 2 nitrogen and oxygen atoms in total. The molecule has 72 valence electrons. The Morgan fingerprint density at radius 3 is 2.42 bits per heavy atom. The molecular weight excluding hydrogens is 148 g/mol. The number of nitrogens with one attached hydrogen (secondary N) is 1. The Bertz CT molecular complexity index is 132. The molecule has 0 radical (unpaired) electrons. The number of hydrogen-bond donors (Lipinski definition) is 1. The van der Waals surface area contributed by atoms with Gasteiger partial charge in [0.1, 0.15) is 0 Å². The highest BCUT2D eigenvalue weighted by molar-refractivity contribution is 4.86. The van der Waals surface area contributed by atoms with Crippen LogP contribution in [0.5, 0.6) is 0 Å². The van der Waals surface area contributed by atoms with Crippen molar-refractivity contribution in [2.75, 3.05) is 20.6 Å². The maximum Gasteiger partial charge on any atom is 0.0192 e. The molecular formula is C10H22N2. The maximum atomic E-state index is 3.22. The third-order valence-corrected chi connectivity index (χ3v) is 3.14. The van der Waals surface area contributed by atoms with Gasteiger partial charge in [-0.3, -0.25) is 4.90 Å². The van der Waals surface area contributed by atoms with E-state index in [9.17, 15) is 0 Å². The van der Waals surface area contributed by atoms with Crippen LogP contribution < -0.4 is 5.32 Å². The molecule has 1 N–H and O–H groups in total. The van der Waals surface area contributed by atoms with Crippen LogP contribution in [-0.4, -0.2) is 37.6 Å². The number of nitrogens with zero attached hydrogens (tertiary/aromatic N) is 1. The quantitative estimate of drug-likeness (QED) is 0.669. The largest absolute Gasteiger partial charge is 0.318 e. The summed E-state index contributed by atoms with van der Waals surface area (Å²) in [5.74, 6) is 0.981. The minimum Gasteiger partial charge on any atom is -0.318 e. The van der Waals surface area contributed by atoms with Gasteiger partial charge in [-0.2, -0.15) is 0 Å². The minimum atomic E-state index is 0.658. The molecule has 2 atom stereocenters. The minimum absolute atomic E-state index is 0.658. The number of likely N-dealkylation sites (N-methyl/N-ethyl adjacent to an activating group) is 2. The Morgan fingerprint density at radius 2 is 2.00 bits per heavy atom. The zero-order valence-corrected chi connectivity index (χ0v) is 8.80. The first-order chi connectivity index (χ1) is 5.66. The lowest BCUT2D eigenvalue weighted by atomic mass is 10.1. The molecule has 0 bridgehead atoms. The first-order valence-corrected chi connectivity index (χ1v) is 5.03. The van der Waals surface area contributed by atoms with Gasteiger partial charge in [0.2, 0.25) is 0 Å². The third kappa shape index (κ3) is 2.46. The summed E-state index contributed by atoms with van der Waals surface area (Å²) < 4.78 is 0. The topological polar surface area (TPSA) is 15.3 Å². The molecule has 0 saturated heterocycles. The summed E-state index contributed by atoms with van der Waals surface area (Å²) in [4.78, 5) is 2.49. The van der Waals surface area contributed by atoms with Crippen LogP contribution in [0.25, 0.3) is 0 Å². The van der Waals surface area contributed by atoms with E-state index in [4.69, 9.17) is 0 Å². The van der Waals surface area contributed by atoms with Gasteiger partial charge in [0, 0.05) is 18.6 Å². The molecule has 1 rings (SSSR count). The van der Waals surface area contributed by atoms with Gasteiger partial charge in [0.05, 0.1) is 0 Å². The summed E-state index contributed by atoms with van der Waals surface area (Å²) in [6, 6.07) is 1.43. The Labute approximate surface area is 76.3 Å². The fourth-order valence-electron chi connectivity index (χ4n) is 1.75. The fraction of sp³-hybridized carbons (Fsp3) is 1.00. The van der Waals surface area contributed by atoms with Crippen molar-refractivity contribution in [3.8, 4) is 0 Å². The molecule has 0 aromatic rings. The van der Waals surface area contributed by atoms with Crippen molar-refractivity contribution in [3.05, 3.63) is 0 Å². The third-order valence-electron chi connectivity index (χ3n) is 3.14. The van der Waals surface area contributed by atoms with Crippen LogP contribution >= 0.6 is 0 Å². The zero-order valence-electron chi connectivity index (χ0n) is 8.80. The van der Waals surface area contributed by atoms with Crippen LogP contribution in [0.1, 0.15) is 26.7 Å². The number of rotatable bonds is 5. The highest BCUT2D eigenvalue weighted by atomic mass is 15.2. The van der Waals surface area contributed by atoms with Crippen molar-refractivity contribution in [2.45, 2.75) is 38.8 Å². The van der Waals surface area contributed by atoms with Crippen molar-refractivity contribution in [2.24, 2.45) is 5.92 Å². The van der Waals surface area contributed by atoms with Crippen molar-refractivity contribution in [1.82, 2.24) is 10.2 Å². The monoisotopic (exact) mass is 170 g/mol. The van der Waals surface area contributed by atoms with Gasteiger partial charge in [0.15, 0.2) is 0 Å². The molecule has 1 aliphatic carbocycles. The lowest BCUT2D eigenvalue weighted by molar-refractivity contribution is 0.176. The summed E-state index contributed by atoms with van der Waals surface area (Å²) >= 11 is 0. The normalized spacial score (nSPS) is 22.8. The second kappa shape index (κ2) is 4.24. The SMILES string of the molecule is CNCC(C)N(C)C(C)C1CC1. The summed E-state index contributed by atoms with van der Waals surface area (Å²) in [7, 11) is 4.26. The van der Waals surface area contributed by atoms with Crippen molar-refractivity contribution in [3.63, 3.8) is 0 Å². The van der Waals surface area contributed by atoms with E-state index >= 15 is 0 Å². The van der Waals surface area contributed by atoms with Gasteiger partial charge in [-0.15, -0.1) is 0 Å². The predicted octanol–water partition coefficient (Wildman–Crippen LogP) is 1.32. The smallest absolute Gasteiger partial charge is 0.0192 e. The van der Waals surface area contributed by atoms with E-state index in [1.165, 1.54) is 12.8 Å². The lowest BCUT2D eigenvalue weighted by Crippen LogP contribution is -2.42. The molecule has 0 heterocycles. The molecule has 2 unspecified atom stereocenters. The second-order valence-corrected chi connectivity index (χ2v) is 4.15. The van der Waals surface area contributed by atoms with Crippen LogP contribution in [-0.2, 0) is 0 Å². The van der Waals surface area contributed by atoms with Crippen molar-refractivity contribution >= 4 is 0 Å². The van der Waals surface area contributed by atoms with E-state index in [-0.39, 0.29) is 0 Å². The van der Waals surface area contributed by atoms with Crippen LogP contribution in [0, 0.1) is 5.92 Å². The molecule has 0 spiro atoms.